The molecule has 0 bridgehead atoms. The summed E-state index contributed by atoms with van der Waals surface area (Å²) in [5.74, 6) is 3.81. The molecule has 3 rings (SSSR count). The van der Waals surface area contributed by atoms with E-state index >= 15 is 0 Å². The minimum atomic E-state index is -4.67. The van der Waals surface area contributed by atoms with E-state index in [2.05, 4.69) is 5.32 Å². The summed E-state index contributed by atoms with van der Waals surface area (Å²) in [7, 11) is 2.73. The van der Waals surface area contributed by atoms with E-state index in [1.165, 1.54) is 30.3 Å². The molecule has 0 saturated carbocycles. The van der Waals surface area contributed by atoms with Gasteiger partial charge in [0.15, 0.2) is 0 Å². The number of ether oxygens (including phenoxy) is 1. The van der Waals surface area contributed by atoms with Crippen LogP contribution in [-0.2, 0) is 20.5 Å². The number of rotatable bonds is 6. The first-order chi connectivity index (χ1) is 14.5. The second-order valence-electron chi connectivity index (χ2n) is 7.34. The average molecular weight is 440 g/mol. The van der Waals surface area contributed by atoms with Gasteiger partial charge in [-0.05, 0) is 42.7 Å². The Morgan fingerprint density at radius 3 is 2.65 bits per heavy atom. The molecule has 2 heterocycles. The maximum absolute atomic E-state index is 13.6. The van der Waals surface area contributed by atoms with Gasteiger partial charge in [-0.15, -0.1) is 0 Å². The molecule has 0 spiro atoms. The largest absolute Gasteiger partial charge is 0.464 e. The maximum Gasteiger partial charge on any atom is 0.416 e. The van der Waals surface area contributed by atoms with Gasteiger partial charge in [0.25, 0.3) is 0 Å². The van der Waals surface area contributed by atoms with E-state index in [-0.39, 0.29) is 28.9 Å². The van der Waals surface area contributed by atoms with Crippen LogP contribution in [-0.4, -0.2) is 48.2 Å². The van der Waals surface area contributed by atoms with Crippen molar-refractivity contribution in [2.45, 2.75) is 31.7 Å². The number of carbonyl (C=O) groups excluding carboxylic acids is 2. The molecule has 0 aromatic heterocycles. The summed E-state index contributed by atoms with van der Waals surface area (Å²) in [4.78, 5) is 26.1. The second-order valence-corrected chi connectivity index (χ2v) is 7.34. The lowest BCUT2D eigenvalue weighted by Gasteiger charge is -2.44. The molecule has 168 valence electrons. The van der Waals surface area contributed by atoms with E-state index in [9.17, 15) is 27.9 Å². The summed E-state index contributed by atoms with van der Waals surface area (Å²) in [6.07, 6.45) is -2.75. The van der Waals surface area contributed by atoms with Gasteiger partial charge in [-0.1, -0.05) is 0 Å². The number of hydrogen-bond donors (Lipinski definition) is 3. The second kappa shape index (κ2) is 8.23. The predicted molar refractivity (Wildman–Crippen MR) is 106 cm³/mol. The molecule has 1 aromatic carbocycles. The minimum absolute atomic E-state index is 0.0284. The molecule has 2 aliphatic rings. The third-order valence-corrected chi connectivity index (χ3v) is 5.40. The van der Waals surface area contributed by atoms with Gasteiger partial charge in [0, 0.05) is 19.4 Å². The van der Waals surface area contributed by atoms with E-state index in [4.69, 9.17) is 10.6 Å². The molecule has 1 amide bonds. The van der Waals surface area contributed by atoms with Crippen LogP contribution in [0.15, 0.2) is 36.3 Å². The van der Waals surface area contributed by atoms with Gasteiger partial charge >= 0.3 is 12.1 Å². The van der Waals surface area contributed by atoms with Crippen molar-refractivity contribution in [2.75, 3.05) is 19.2 Å². The van der Waals surface area contributed by atoms with Gasteiger partial charge in [0.2, 0.25) is 5.91 Å². The van der Waals surface area contributed by atoms with Crippen LogP contribution >= 0.6 is 0 Å². The SMILES string of the molecule is CN/C=C\N(N)c1cc(C2=C(C(=O)OC)N3C(=O)[C@H](C(C)O)C3C2)cc(C(F)(F)F)c1. The third kappa shape index (κ3) is 3.98. The molecule has 3 atom stereocenters. The van der Waals surface area contributed by atoms with Gasteiger partial charge in [0.1, 0.15) is 5.70 Å². The number of hydrogen-bond acceptors (Lipinski definition) is 7. The van der Waals surface area contributed by atoms with Crippen LogP contribution in [0, 0.1) is 5.92 Å². The highest BCUT2D eigenvalue weighted by Gasteiger charge is 2.57. The molecule has 31 heavy (non-hydrogen) atoms. The van der Waals surface area contributed by atoms with Crippen molar-refractivity contribution >= 4 is 23.1 Å². The first-order valence-electron chi connectivity index (χ1n) is 9.44. The summed E-state index contributed by atoms with van der Waals surface area (Å²) in [6, 6.07) is 2.66. The Balaban J connectivity index is 2.15. The number of nitrogens with two attached hydrogens (primary N) is 1. The monoisotopic (exact) mass is 440 g/mol. The van der Waals surface area contributed by atoms with Crippen molar-refractivity contribution in [3.05, 3.63) is 47.4 Å². The molecule has 1 fully saturated rings. The lowest BCUT2D eigenvalue weighted by Crippen LogP contribution is -2.61. The smallest absolute Gasteiger partial charge is 0.416 e. The highest BCUT2D eigenvalue weighted by atomic mass is 19.4. The van der Waals surface area contributed by atoms with E-state index in [0.717, 1.165) is 24.3 Å². The summed E-state index contributed by atoms with van der Waals surface area (Å²) < 4.78 is 45.5. The van der Waals surface area contributed by atoms with Crippen molar-refractivity contribution in [2.24, 2.45) is 11.8 Å². The number of carbonyl (C=O) groups is 2. The van der Waals surface area contributed by atoms with E-state index in [1.54, 1.807) is 7.05 Å². The number of nitrogens with zero attached hydrogens (tertiary/aromatic N) is 2. The number of β-lactam (4-membered cyclic amide) rings is 1. The molecule has 0 radical (unpaired) electrons. The van der Waals surface area contributed by atoms with Gasteiger partial charge in [-0.25, -0.2) is 10.6 Å². The van der Waals surface area contributed by atoms with E-state index in [0.29, 0.717) is 0 Å². The third-order valence-electron chi connectivity index (χ3n) is 5.40. The number of fused-ring (bicyclic) bond motifs is 1. The molecule has 4 N–H and O–H groups in total. The summed E-state index contributed by atoms with van der Waals surface area (Å²) in [5, 5.41) is 13.6. The number of aliphatic hydroxyl groups is 1. The van der Waals surface area contributed by atoms with Crippen molar-refractivity contribution in [3.8, 4) is 0 Å². The number of benzene rings is 1. The number of esters is 1. The van der Waals surface area contributed by atoms with Crippen LogP contribution in [0.2, 0.25) is 0 Å². The topological polar surface area (TPSA) is 108 Å². The maximum atomic E-state index is 13.6. The van der Waals surface area contributed by atoms with Gasteiger partial charge in [0.05, 0.1) is 36.4 Å². The zero-order valence-corrected chi connectivity index (χ0v) is 17.1. The zero-order valence-electron chi connectivity index (χ0n) is 17.1. The summed E-state index contributed by atoms with van der Waals surface area (Å²) in [6.45, 7) is 1.46. The Hall–Kier alpha value is -3.05. The highest BCUT2D eigenvalue weighted by Crippen LogP contribution is 2.48. The lowest BCUT2D eigenvalue weighted by molar-refractivity contribution is -0.161. The molecule has 1 saturated heterocycles. The quantitative estimate of drug-likeness (QED) is 0.267. The Morgan fingerprint density at radius 1 is 1.42 bits per heavy atom. The molecular formula is C20H23F3N4O4. The molecule has 8 nitrogen and oxygen atoms in total. The number of anilines is 1. The lowest BCUT2D eigenvalue weighted by atomic mass is 9.82. The van der Waals surface area contributed by atoms with Gasteiger partial charge in [-0.3, -0.25) is 9.80 Å². The molecule has 0 aliphatic carbocycles. The number of methoxy groups -OCH3 is 1. The fourth-order valence-electron chi connectivity index (χ4n) is 3.95. The van der Waals surface area contributed by atoms with Crippen LogP contribution < -0.4 is 16.2 Å². The van der Waals surface area contributed by atoms with Crippen LogP contribution in [0.5, 0.6) is 0 Å². The van der Waals surface area contributed by atoms with Crippen LogP contribution in [0.1, 0.15) is 24.5 Å². The number of nitrogens with one attached hydrogen (secondary N) is 1. The molecule has 2 aliphatic heterocycles. The summed E-state index contributed by atoms with van der Waals surface area (Å²) in [5.41, 5.74) is -0.732. The molecular weight excluding hydrogens is 417 g/mol. The van der Waals surface area contributed by atoms with Crippen molar-refractivity contribution in [1.29, 1.82) is 0 Å². The molecule has 1 aromatic rings. The van der Waals surface area contributed by atoms with Crippen LogP contribution in [0.3, 0.4) is 0 Å². The number of hydrazine groups is 1. The minimum Gasteiger partial charge on any atom is -0.464 e. The molecule has 2 unspecified atom stereocenters. The fourth-order valence-corrected chi connectivity index (χ4v) is 3.95. The van der Waals surface area contributed by atoms with Crippen molar-refractivity contribution in [3.63, 3.8) is 0 Å². The number of alkyl halides is 3. The summed E-state index contributed by atoms with van der Waals surface area (Å²) >= 11 is 0. The first-order valence-corrected chi connectivity index (χ1v) is 9.44. The number of halogens is 3. The predicted octanol–water partition coefficient (Wildman–Crippen LogP) is 1.57. The Morgan fingerprint density at radius 2 is 2.10 bits per heavy atom. The fraction of sp³-hybridized carbons (Fsp3) is 0.400. The standard InChI is InChI=1S/C20H23F3N4O4/c1-10(28)16-15-9-14(17(19(30)31-3)27(15)18(16)29)11-6-12(20(21,22)23)8-13(7-11)26(24)5-4-25-2/h4-8,10,15-16,25,28H,9,24H2,1-3H3/b5-4-/t10?,15?,16-/m1/s1. The Kier molecular flexibility index (Phi) is 6.01. The van der Waals surface area contributed by atoms with Crippen LogP contribution in [0.4, 0.5) is 18.9 Å². The highest BCUT2D eigenvalue weighted by molar-refractivity contribution is 6.07. The van der Waals surface area contributed by atoms with E-state index in [1.807, 2.05) is 0 Å². The first kappa shape index (κ1) is 22.6. The Bertz CT molecular complexity index is 958. The van der Waals surface area contributed by atoms with Crippen LogP contribution in [0.25, 0.3) is 5.57 Å². The molecule has 11 heteroatoms. The average Bonchev–Trinajstić information content (AvgIpc) is 3.05. The number of aliphatic hydroxyl groups excluding tert-OH is 1. The Labute approximate surface area is 176 Å². The van der Waals surface area contributed by atoms with Gasteiger partial charge < -0.3 is 20.1 Å². The van der Waals surface area contributed by atoms with Crippen molar-refractivity contribution < 1.29 is 32.6 Å². The van der Waals surface area contributed by atoms with E-state index < -0.39 is 41.7 Å². The zero-order chi connectivity index (χ0) is 23.1. The van der Waals surface area contributed by atoms with Gasteiger partial charge in [-0.2, -0.15) is 13.2 Å². The number of amides is 1. The normalized spacial score (nSPS) is 21.8. The van der Waals surface area contributed by atoms with Crippen molar-refractivity contribution in [1.82, 2.24) is 10.2 Å².